The Morgan fingerprint density at radius 2 is 2.05 bits per heavy atom. The van der Waals surface area contributed by atoms with Crippen LogP contribution >= 0.6 is 0 Å². The summed E-state index contributed by atoms with van der Waals surface area (Å²) in [5.74, 6) is 0.200. The van der Waals surface area contributed by atoms with Crippen LogP contribution in [-0.4, -0.2) is 47.5 Å². The number of para-hydroxylation sites is 1. The van der Waals surface area contributed by atoms with E-state index < -0.39 is 17.6 Å². The van der Waals surface area contributed by atoms with Gasteiger partial charge in [-0.05, 0) is 68.4 Å². The van der Waals surface area contributed by atoms with Gasteiger partial charge < -0.3 is 19.3 Å². The number of cyclic esters (lactones) is 1. The van der Waals surface area contributed by atoms with Crippen molar-refractivity contribution < 1.29 is 28.9 Å². The molecule has 7 heteroatoms. The lowest BCUT2D eigenvalue weighted by molar-refractivity contribution is -0.172. The fraction of sp³-hybridized carbons (Fsp3) is 0.531. The number of benzene rings is 1. The lowest BCUT2D eigenvalue weighted by Crippen LogP contribution is -2.57. The molecule has 2 aliphatic carbocycles. The number of hydrogen-bond acceptors (Lipinski definition) is 7. The van der Waals surface area contributed by atoms with E-state index in [9.17, 15) is 14.7 Å². The Kier molecular flexibility index (Phi) is 7.31. The molecule has 2 aromatic rings. The van der Waals surface area contributed by atoms with E-state index in [-0.39, 0.29) is 42.4 Å². The maximum Gasteiger partial charge on any atom is 0.337 e. The number of aromatic nitrogens is 1. The van der Waals surface area contributed by atoms with Crippen LogP contribution in [-0.2, 0) is 19.1 Å². The first kappa shape index (κ1) is 27.4. The van der Waals surface area contributed by atoms with Crippen LogP contribution < -0.4 is 4.74 Å². The molecule has 2 heterocycles. The molecule has 0 amide bonds. The number of rotatable bonds is 6. The second-order valence-electron chi connectivity index (χ2n) is 12.0. The third-order valence-corrected chi connectivity index (χ3v) is 9.55. The number of allylic oxidation sites excluding steroid dienone is 2. The van der Waals surface area contributed by atoms with E-state index in [1.54, 1.807) is 0 Å². The largest absolute Gasteiger partial charge is 0.480 e. The van der Waals surface area contributed by atoms with E-state index in [0.29, 0.717) is 24.2 Å². The Morgan fingerprint density at radius 1 is 1.26 bits per heavy atom. The first-order valence-corrected chi connectivity index (χ1v) is 13.9. The van der Waals surface area contributed by atoms with Crippen LogP contribution in [0, 0.1) is 29.6 Å². The van der Waals surface area contributed by atoms with Gasteiger partial charge >= 0.3 is 11.9 Å². The molecule has 6 atom stereocenters. The van der Waals surface area contributed by atoms with Gasteiger partial charge in [0.2, 0.25) is 0 Å². The standard InChI is InChI=1S/C32H39NO6/c1-19-9-14-27-31(4,16-15-28(35)32(27,5)18-38-21(3)34)24(19)13-12-23-26(17-37-30(23)36)39-25-8-6-7-22-11-10-20(2)33-29(22)25/h6-8,10-12,24,26-28,35H,1,9,13-18H2,2-5H3/b23-12+/t24-,26+,27+,28-,31+,32+/m1/s1. The molecule has 0 unspecified atom stereocenters. The smallest absolute Gasteiger partial charge is 0.337 e. The van der Waals surface area contributed by atoms with Crippen LogP contribution in [0.2, 0.25) is 0 Å². The molecule has 5 rings (SSSR count). The van der Waals surface area contributed by atoms with Crippen molar-refractivity contribution in [1.29, 1.82) is 0 Å². The van der Waals surface area contributed by atoms with Gasteiger partial charge in [0, 0.05) is 23.4 Å². The Balaban J connectivity index is 1.40. The number of aliphatic hydroxyl groups excluding tert-OH is 1. The van der Waals surface area contributed by atoms with Gasteiger partial charge in [-0.1, -0.05) is 50.3 Å². The first-order chi connectivity index (χ1) is 18.5. The number of carbonyl (C=O) groups excluding carboxylic acids is 2. The molecule has 0 radical (unpaired) electrons. The van der Waals surface area contributed by atoms with E-state index >= 15 is 0 Å². The van der Waals surface area contributed by atoms with Gasteiger partial charge in [0.25, 0.3) is 0 Å². The van der Waals surface area contributed by atoms with Gasteiger partial charge in [-0.15, -0.1) is 0 Å². The highest BCUT2D eigenvalue weighted by molar-refractivity contribution is 5.92. The lowest BCUT2D eigenvalue weighted by Gasteiger charge is -2.60. The molecule has 3 fully saturated rings. The summed E-state index contributed by atoms with van der Waals surface area (Å²) in [5, 5.41) is 12.0. The van der Waals surface area contributed by atoms with Gasteiger partial charge in [-0.3, -0.25) is 4.79 Å². The zero-order valence-electron chi connectivity index (χ0n) is 23.4. The monoisotopic (exact) mass is 533 g/mol. The van der Waals surface area contributed by atoms with Crippen molar-refractivity contribution in [3.05, 3.63) is 59.8 Å². The third kappa shape index (κ3) is 4.97. The van der Waals surface area contributed by atoms with Crippen LogP contribution in [0.5, 0.6) is 5.75 Å². The van der Waals surface area contributed by atoms with Crippen molar-refractivity contribution in [3.63, 3.8) is 0 Å². The molecule has 0 spiro atoms. The number of esters is 2. The highest BCUT2D eigenvalue weighted by Gasteiger charge is 2.58. The zero-order valence-corrected chi connectivity index (χ0v) is 23.4. The van der Waals surface area contributed by atoms with E-state index in [1.807, 2.05) is 50.3 Å². The van der Waals surface area contributed by atoms with E-state index in [2.05, 4.69) is 18.5 Å². The van der Waals surface area contributed by atoms with Crippen LogP contribution in [0.1, 0.15) is 58.6 Å². The second kappa shape index (κ2) is 10.4. The minimum Gasteiger partial charge on any atom is -0.480 e. The normalized spacial score (nSPS) is 33.6. The molecule has 1 aromatic heterocycles. The first-order valence-electron chi connectivity index (χ1n) is 13.9. The van der Waals surface area contributed by atoms with Crippen LogP contribution in [0.15, 0.2) is 54.1 Å². The quantitative estimate of drug-likeness (QED) is 0.299. The molecule has 39 heavy (non-hydrogen) atoms. The molecule has 7 nitrogen and oxygen atoms in total. The highest BCUT2D eigenvalue weighted by atomic mass is 16.6. The predicted molar refractivity (Wildman–Crippen MR) is 148 cm³/mol. The number of fused-ring (bicyclic) bond motifs is 2. The molecule has 208 valence electrons. The summed E-state index contributed by atoms with van der Waals surface area (Å²) in [5.41, 5.74) is 2.65. The van der Waals surface area contributed by atoms with Crippen molar-refractivity contribution in [1.82, 2.24) is 4.98 Å². The molecule has 2 saturated carbocycles. The summed E-state index contributed by atoms with van der Waals surface area (Å²) in [7, 11) is 0. The number of ether oxygens (including phenoxy) is 3. The number of carbonyl (C=O) groups is 2. The molecule has 1 aromatic carbocycles. The van der Waals surface area contributed by atoms with Gasteiger partial charge in [0.1, 0.15) is 17.9 Å². The Morgan fingerprint density at radius 3 is 2.82 bits per heavy atom. The molecular formula is C32H39NO6. The van der Waals surface area contributed by atoms with Crippen LogP contribution in [0.4, 0.5) is 0 Å². The molecular weight excluding hydrogens is 494 g/mol. The van der Waals surface area contributed by atoms with E-state index in [1.165, 1.54) is 6.92 Å². The number of aliphatic hydroxyl groups is 1. The fourth-order valence-corrected chi connectivity index (χ4v) is 7.35. The summed E-state index contributed by atoms with van der Waals surface area (Å²) in [4.78, 5) is 29.1. The Hall–Kier alpha value is -3.19. The number of aryl methyl sites for hydroxylation is 1. The lowest BCUT2D eigenvalue weighted by atomic mass is 9.46. The molecule has 1 saturated heterocycles. The molecule has 3 aliphatic rings. The average molecular weight is 534 g/mol. The van der Waals surface area contributed by atoms with Crippen molar-refractivity contribution >= 4 is 22.8 Å². The predicted octanol–water partition coefficient (Wildman–Crippen LogP) is 5.48. The summed E-state index contributed by atoms with van der Waals surface area (Å²) >= 11 is 0. The van der Waals surface area contributed by atoms with Crippen molar-refractivity contribution in [2.75, 3.05) is 13.2 Å². The summed E-state index contributed by atoms with van der Waals surface area (Å²) < 4.78 is 17.2. The van der Waals surface area contributed by atoms with Crippen molar-refractivity contribution in [3.8, 4) is 5.75 Å². The van der Waals surface area contributed by atoms with E-state index in [0.717, 1.165) is 41.4 Å². The molecule has 1 aliphatic heterocycles. The SMILES string of the molecule is C=C1CC[C@@H]2[C@](C)(COC(C)=O)[C@H](O)CC[C@@]2(C)[C@@H]1C/C=C1/C(=O)OC[C@@H]1Oc1cccc2ccc(C)nc12. The average Bonchev–Trinajstić information content (AvgIpc) is 3.24. The topological polar surface area (TPSA) is 95.0 Å². The summed E-state index contributed by atoms with van der Waals surface area (Å²) in [6.07, 6.45) is 4.73. The minimum absolute atomic E-state index is 0.115. The van der Waals surface area contributed by atoms with Gasteiger partial charge in [-0.25, -0.2) is 9.78 Å². The van der Waals surface area contributed by atoms with Crippen molar-refractivity contribution in [2.24, 2.45) is 22.7 Å². The second-order valence-corrected chi connectivity index (χ2v) is 12.0. The molecule has 1 N–H and O–H groups in total. The summed E-state index contributed by atoms with van der Waals surface area (Å²) in [6, 6.07) is 9.77. The third-order valence-electron chi connectivity index (χ3n) is 9.55. The fourth-order valence-electron chi connectivity index (χ4n) is 7.35. The Labute approximate surface area is 230 Å². The van der Waals surface area contributed by atoms with Crippen LogP contribution in [0.3, 0.4) is 0 Å². The molecule has 0 bridgehead atoms. The zero-order chi connectivity index (χ0) is 27.9. The number of nitrogens with zero attached hydrogens (tertiary/aromatic N) is 1. The maximum atomic E-state index is 12.8. The van der Waals surface area contributed by atoms with Crippen LogP contribution in [0.25, 0.3) is 10.9 Å². The summed E-state index contributed by atoms with van der Waals surface area (Å²) in [6.45, 7) is 12.5. The van der Waals surface area contributed by atoms with Gasteiger partial charge in [0.05, 0.1) is 18.3 Å². The number of hydrogen-bond donors (Lipinski definition) is 1. The van der Waals surface area contributed by atoms with Gasteiger partial charge in [0.15, 0.2) is 6.10 Å². The minimum atomic E-state index is -0.541. The van der Waals surface area contributed by atoms with E-state index in [4.69, 9.17) is 14.2 Å². The van der Waals surface area contributed by atoms with Crippen molar-refractivity contribution in [2.45, 2.75) is 72.0 Å². The Bertz CT molecular complexity index is 1330. The highest BCUT2D eigenvalue weighted by Crippen LogP contribution is 2.62. The van der Waals surface area contributed by atoms with Gasteiger partial charge in [-0.2, -0.15) is 0 Å². The maximum absolute atomic E-state index is 12.8. The number of pyridine rings is 1.